The number of allylic oxidation sites excluding steroid dienone is 1. The molecule has 0 saturated carbocycles. The van der Waals surface area contributed by atoms with Gasteiger partial charge in [0.2, 0.25) is 5.91 Å². The van der Waals surface area contributed by atoms with Crippen LogP contribution in [0.15, 0.2) is 85.5 Å². The SMILES string of the molecule is C=CCCC(NC(=O)OCC1c2ccccc2-c2ccccc21)C(=O)Nc1ccccc1C(=O)O. The molecule has 4 rings (SSSR count). The first-order valence-electron chi connectivity index (χ1n) is 11.3. The molecule has 3 aromatic carbocycles. The second-order valence-corrected chi connectivity index (χ2v) is 8.23. The number of fused-ring (bicyclic) bond motifs is 3. The van der Waals surface area contributed by atoms with Crippen molar-refractivity contribution in [2.45, 2.75) is 24.8 Å². The number of para-hydroxylation sites is 1. The Bertz CT molecular complexity index is 1220. The fourth-order valence-electron chi connectivity index (χ4n) is 4.33. The van der Waals surface area contributed by atoms with Gasteiger partial charge in [0.25, 0.3) is 0 Å². The fraction of sp³-hybridized carbons (Fsp3) is 0.179. The maximum atomic E-state index is 12.9. The van der Waals surface area contributed by atoms with Gasteiger partial charge in [-0.05, 0) is 47.2 Å². The quantitative estimate of drug-likeness (QED) is 0.373. The summed E-state index contributed by atoms with van der Waals surface area (Å²) in [5.41, 5.74) is 4.54. The Hall–Kier alpha value is -4.39. The van der Waals surface area contributed by atoms with Gasteiger partial charge >= 0.3 is 12.1 Å². The van der Waals surface area contributed by atoms with E-state index in [1.54, 1.807) is 18.2 Å². The molecule has 0 heterocycles. The molecule has 0 aliphatic heterocycles. The summed E-state index contributed by atoms with van der Waals surface area (Å²) >= 11 is 0. The Labute approximate surface area is 203 Å². The lowest BCUT2D eigenvalue weighted by Crippen LogP contribution is -2.44. The lowest BCUT2D eigenvalue weighted by atomic mass is 9.98. The van der Waals surface area contributed by atoms with Crippen LogP contribution < -0.4 is 10.6 Å². The van der Waals surface area contributed by atoms with E-state index in [1.807, 2.05) is 36.4 Å². The largest absolute Gasteiger partial charge is 0.478 e. The van der Waals surface area contributed by atoms with Gasteiger partial charge in [0.1, 0.15) is 12.6 Å². The zero-order valence-electron chi connectivity index (χ0n) is 19.1. The van der Waals surface area contributed by atoms with E-state index < -0.39 is 24.0 Å². The third-order valence-electron chi connectivity index (χ3n) is 6.03. The van der Waals surface area contributed by atoms with E-state index in [2.05, 4.69) is 29.3 Å². The first-order chi connectivity index (χ1) is 17.0. The van der Waals surface area contributed by atoms with Gasteiger partial charge < -0.3 is 20.5 Å². The van der Waals surface area contributed by atoms with Crippen LogP contribution in [0.4, 0.5) is 10.5 Å². The van der Waals surface area contributed by atoms with Crippen LogP contribution in [0.2, 0.25) is 0 Å². The molecule has 35 heavy (non-hydrogen) atoms. The van der Waals surface area contributed by atoms with E-state index in [4.69, 9.17) is 4.74 Å². The lowest BCUT2D eigenvalue weighted by molar-refractivity contribution is -0.118. The monoisotopic (exact) mass is 470 g/mol. The van der Waals surface area contributed by atoms with Crippen molar-refractivity contribution in [3.8, 4) is 11.1 Å². The van der Waals surface area contributed by atoms with Crippen molar-refractivity contribution in [2.24, 2.45) is 0 Å². The number of anilines is 1. The van der Waals surface area contributed by atoms with Crippen molar-refractivity contribution in [2.75, 3.05) is 11.9 Å². The van der Waals surface area contributed by atoms with Crippen LogP contribution in [-0.2, 0) is 9.53 Å². The Morgan fingerprint density at radius 1 is 0.943 bits per heavy atom. The van der Waals surface area contributed by atoms with E-state index in [0.717, 1.165) is 22.3 Å². The Morgan fingerprint density at radius 3 is 2.17 bits per heavy atom. The number of hydrogen-bond donors (Lipinski definition) is 3. The Morgan fingerprint density at radius 2 is 1.54 bits per heavy atom. The molecule has 3 N–H and O–H groups in total. The zero-order valence-corrected chi connectivity index (χ0v) is 19.1. The molecule has 0 radical (unpaired) electrons. The molecule has 2 amide bonds. The number of ether oxygens (including phenoxy) is 1. The summed E-state index contributed by atoms with van der Waals surface area (Å²) < 4.78 is 5.56. The summed E-state index contributed by atoms with van der Waals surface area (Å²) in [5, 5.41) is 14.6. The zero-order chi connectivity index (χ0) is 24.8. The van der Waals surface area contributed by atoms with Crippen molar-refractivity contribution in [1.29, 1.82) is 0 Å². The number of carboxylic acid groups (broad SMARTS) is 1. The molecule has 0 saturated heterocycles. The van der Waals surface area contributed by atoms with Gasteiger partial charge in [-0.2, -0.15) is 0 Å². The summed E-state index contributed by atoms with van der Waals surface area (Å²) in [6, 6.07) is 21.2. The number of alkyl carbamates (subject to hydrolysis) is 1. The van der Waals surface area contributed by atoms with Crippen LogP contribution in [0.3, 0.4) is 0 Å². The number of nitrogens with one attached hydrogen (secondary N) is 2. The molecule has 1 aliphatic carbocycles. The molecule has 0 bridgehead atoms. The summed E-state index contributed by atoms with van der Waals surface area (Å²) in [6.45, 7) is 3.79. The number of amides is 2. The number of aromatic carboxylic acids is 1. The van der Waals surface area contributed by atoms with Crippen LogP contribution in [0.25, 0.3) is 11.1 Å². The standard InChI is InChI=1S/C28H26N2O5/c1-2-3-15-25(26(31)29-24-16-9-8-14-22(24)27(32)33)30-28(34)35-17-23-20-12-6-4-10-18(20)19-11-5-7-13-21(19)23/h2,4-14,16,23,25H,1,3,15,17H2,(H,29,31)(H,30,34)(H,32,33). The third-order valence-corrected chi connectivity index (χ3v) is 6.03. The van der Waals surface area contributed by atoms with Gasteiger partial charge in [-0.25, -0.2) is 9.59 Å². The number of carboxylic acids is 1. The second-order valence-electron chi connectivity index (χ2n) is 8.23. The van der Waals surface area contributed by atoms with Gasteiger partial charge in [-0.1, -0.05) is 66.7 Å². The van der Waals surface area contributed by atoms with Crippen molar-refractivity contribution in [3.05, 3.63) is 102 Å². The number of benzene rings is 3. The van der Waals surface area contributed by atoms with Gasteiger partial charge in [0, 0.05) is 5.92 Å². The smallest absolute Gasteiger partial charge is 0.407 e. The van der Waals surface area contributed by atoms with E-state index >= 15 is 0 Å². The number of hydrogen-bond acceptors (Lipinski definition) is 4. The van der Waals surface area contributed by atoms with Gasteiger partial charge in [0.15, 0.2) is 0 Å². The molecule has 7 heteroatoms. The molecular weight excluding hydrogens is 444 g/mol. The van der Waals surface area contributed by atoms with Crippen LogP contribution in [0.1, 0.15) is 40.2 Å². The van der Waals surface area contributed by atoms with E-state index in [0.29, 0.717) is 6.42 Å². The molecule has 178 valence electrons. The molecule has 3 aromatic rings. The summed E-state index contributed by atoms with van der Waals surface area (Å²) in [4.78, 5) is 37.1. The molecule has 0 fully saturated rings. The first kappa shape index (κ1) is 23.8. The molecule has 1 atom stereocenters. The maximum Gasteiger partial charge on any atom is 0.407 e. The normalized spacial score (nSPS) is 12.7. The van der Waals surface area contributed by atoms with Gasteiger partial charge in [0.05, 0.1) is 11.3 Å². The van der Waals surface area contributed by atoms with E-state index in [9.17, 15) is 19.5 Å². The van der Waals surface area contributed by atoms with Gasteiger partial charge in [-0.3, -0.25) is 4.79 Å². The highest BCUT2D eigenvalue weighted by Gasteiger charge is 2.30. The highest BCUT2D eigenvalue weighted by atomic mass is 16.5. The Kier molecular flexibility index (Phi) is 7.26. The minimum Gasteiger partial charge on any atom is -0.478 e. The second kappa shape index (κ2) is 10.7. The Balaban J connectivity index is 1.44. The number of rotatable bonds is 9. The minimum atomic E-state index is -1.16. The number of carbonyl (C=O) groups is 3. The third kappa shape index (κ3) is 5.24. The molecule has 1 unspecified atom stereocenters. The van der Waals surface area contributed by atoms with Gasteiger partial charge in [-0.15, -0.1) is 6.58 Å². The average molecular weight is 471 g/mol. The summed E-state index contributed by atoms with van der Waals surface area (Å²) in [7, 11) is 0. The van der Waals surface area contributed by atoms with Crippen molar-refractivity contribution in [1.82, 2.24) is 5.32 Å². The average Bonchev–Trinajstić information content (AvgIpc) is 3.19. The van der Waals surface area contributed by atoms with E-state index in [-0.39, 0.29) is 30.2 Å². The van der Waals surface area contributed by atoms with Crippen LogP contribution in [0, 0.1) is 0 Å². The molecule has 0 spiro atoms. The lowest BCUT2D eigenvalue weighted by Gasteiger charge is -2.20. The van der Waals surface area contributed by atoms with Crippen LogP contribution in [-0.4, -0.2) is 35.7 Å². The predicted octanol–water partition coefficient (Wildman–Crippen LogP) is 5.20. The van der Waals surface area contributed by atoms with Crippen LogP contribution in [0.5, 0.6) is 0 Å². The van der Waals surface area contributed by atoms with Crippen molar-refractivity contribution >= 4 is 23.7 Å². The maximum absolute atomic E-state index is 12.9. The highest BCUT2D eigenvalue weighted by Crippen LogP contribution is 2.44. The van der Waals surface area contributed by atoms with Crippen molar-refractivity contribution in [3.63, 3.8) is 0 Å². The van der Waals surface area contributed by atoms with E-state index in [1.165, 1.54) is 12.1 Å². The predicted molar refractivity (Wildman–Crippen MR) is 133 cm³/mol. The minimum absolute atomic E-state index is 0.0375. The molecule has 7 nitrogen and oxygen atoms in total. The summed E-state index contributed by atoms with van der Waals surface area (Å²) in [6.07, 6.45) is 1.68. The molecular formula is C28H26N2O5. The van der Waals surface area contributed by atoms with Crippen LogP contribution >= 0.6 is 0 Å². The first-order valence-corrected chi connectivity index (χ1v) is 11.3. The van der Waals surface area contributed by atoms with Crippen molar-refractivity contribution < 1.29 is 24.2 Å². The topological polar surface area (TPSA) is 105 Å². The fourth-order valence-corrected chi connectivity index (χ4v) is 4.33. The summed E-state index contributed by atoms with van der Waals surface area (Å²) in [5.74, 6) is -1.79. The molecule has 1 aliphatic rings. The number of carbonyl (C=O) groups excluding carboxylic acids is 2. The highest BCUT2D eigenvalue weighted by molar-refractivity contribution is 6.02. The molecule has 0 aromatic heterocycles.